The van der Waals surface area contributed by atoms with E-state index in [1.807, 2.05) is 6.07 Å². The average molecular weight is 378 g/mol. The van der Waals surface area contributed by atoms with Crippen molar-refractivity contribution in [3.8, 4) is 5.75 Å². The highest BCUT2D eigenvalue weighted by Gasteiger charge is 2.30. The van der Waals surface area contributed by atoms with Crippen LogP contribution in [0.4, 0.5) is 4.39 Å². The van der Waals surface area contributed by atoms with Gasteiger partial charge in [-0.05, 0) is 48.7 Å². The minimum atomic E-state index is -3.98. The highest BCUT2D eigenvalue weighted by Crippen LogP contribution is 2.24. The summed E-state index contributed by atoms with van der Waals surface area (Å²) in [5, 5.41) is 2.69. The third-order valence-electron chi connectivity index (χ3n) is 3.97. The third kappa shape index (κ3) is 4.39. The molecule has 0 spiro atoms. The van der Waals surface area contributed by atoms with Crippen molar-refractivity contribution in [2.24, 2.45) is 0 Å². The summed E-state index contributed by atoms with van der Waals surface area (Å²) < 4.78 is 46.0. The molecule has 0 aromatic heterocycles. The summed E-state index contributed by atoms with van der Waals surface area (Å²) in [6, 6.07) is 10.3. The molecule has 2 aromatic carbocycles. The first-order valence-corrected chi connectivity index (χ1v) is 9.60. The van der Waals surface area contributed by atoms with Gasteiger partial charge in [-0.1, -0.05) is 12.1 Å². The predicted octanol–water partition coefficient (Wildman–Crippen LogP) is 2.21. The first kappa shape index (κ1) is 18.3. The fourth-order valence-electron chi connectivity index (χ4n) is 2.40. The number of carbonyl (C=O) groups excluding carboxylic acids is 1. The van der Waals surface area contributed by atoms with Gasteiger partial charge in [0, 0.05) is 18.2 Å². The number of amides is 1. The zero-order chi connectivity index (χ0) is 18.7. The maximum Gasteiger partial charge on any atom is 0.251 e. The van der Waals surface area contributed by atoms with Gasteiger partial charge in [0.25, 0.3) is 5.91 Å². The normalized spacial score (nSPS) is 14.1. The Kier molecular flexibility index (Phi) is 5.24. The first-order valence-electron chi connectivity index (χ1n) is 8.12. The molecule has 1 saturated carbocycles. The highest BCUT2D eigenvalue weighted by molar-refractivity contribution is 7.89. The van der Waals surface area contributed by atoms with E-state index < -0.39 is 26.6 Å². The van der Waals surface area contributed by atoms with E-state index in [9.17, 15) is 17.6 Å². The Labute approximate surface area is 151 Å². The van der Waals surface area contributed by atoms with E-state index in [1.165, 1.54) is 6.07 Å². The van der Waals surface area contributed by atoms with Crippen LogP contribution >= 0.6 is 0 Å². The highest BCUT2D eigenvalue weighted by atomic mass is 32.2. The van der Waals surface area contributed by atoms with E-state index in [0.717, 1.165) is 30.5 Å². The maximum atomic E-state index is 14.0. The van der Waals surface area contributed by atoms with Crippen LogP contribution in [0, 0.1) is 5.82 Å². The number of hydrogen-bond acceptors (Lipinski definition) is 4. The largest absolute Gasteiger partial charge is 0.497 e. The molecule has 2 aromatic rings. The van der Waals surface area contributed by atoms with Crippen LogP contribution in [0.1, 0.15) is 28.8 Å². The molecule has 1 fully saturated rings. The Morgan fingerprint density at radius 1 is 1.23 bits per heavy atom. The van der Waals surface area contributed by atoms with E-state index in [4.69, 9.17) is 4.74 Å². The smallest absolute Gasteiger partial charge is 0.251 e. The molecule has 8 heteroatoms. The summed E-state index contributed by atoms with van der Waals surface area (Å²) in [6.45, 7) is 0.232. The molecule has 1 aliphatic rings. The van der Waals surface area contributed by atoms with Crippen LogP contribution in [0.3, 0.4) is 0 Å². The number of hydrogen-bond donors (Lipinski definition) is 2. The van der Waals surface area contributed by atoms with Crippen LogP contribution in [0.15, 0.2) is 47.4 Å². The number of benzene rings is 2. The number of halogens is 1. The van der Waals surface area contributed by atoms with Crippen molar-refractivity contribution in [1.82, 2.24) is 10.0 Å². The molecule has 3 rings (SSSR count). The van der Waals surface area contributed by atoms with Gasteiger partial charge in [-0.2, -0.15) is 0 Å². The number of carbonyl (C=O) groups is 1. The van der Waals surface area contributed by atoms with E-state index in [2.05, 4.69) is 10.0 Å². The van der Waals surface area contributed by atoms with Crippen LogP contribution < -0.4 is 14.8 Å². The molecule has 0 saturated heterocycles. The van der Waals surface area contributed by atoms with Gasteiger partial charge in [0.2, 0.25) is 10.0 Å². The quantitative estimate of drug-likeness (QED) is 0.774. The summed E-state index contributed by atoms with van der Waals surface area (Å²) in [6.07, 6.45) is 1.48. The minimum absolute atomic E-state index is 0.0745. The third-order valence-corrected chi connectivity index (χ3v) is 5.50. The number of ether oxygens (including phenoxy) is 1. The van der Waals surface area contributed by atoms with Crippen molar-refractivity contribution in [3.05, 3.63) is 59.4 Å². The lowest BCUT2D eigenvalue weighted by molar-refractivity contribution is 0.0950. The lowest BCUT2D eigenvalue weighted by Gasteiger charge is -2.10. The maximum absolute atomic E-state index is 14.0. The molecule has 0 unspecified atom stereocenters. The van der Waals surface area contributed by atoms with Gasteiger partial charge in [-0.25, -0.2) is 17.5 Å². The van der Waals surface area contributed by atoms with Crippen LogP contribution in [-0.4, -0.2) is 27.5 Å². The topological polar surface area (TPSA) is 84.5 Å². The molecule has 1 aliphatic carbocycles. The summed E-state index contributed by atoms with van der Waals surface area (Å²) in [7, 11) is -2.43. The SMILES string of the molecule is COc1cccc(CNC(=O)c2ccc(F)c(S(=O)(=O)NC3CC3)c2)c1. The van der Waals surface area contributed by atoms with Crippen molar-refractivity contribution in [2.45, 2.75) is 30.3 Å². The number of methoxy groups -OCH3 is 1. The molecule has 1 amide bonds. The Morgan fingerprint density at radius 3 is 2.69 bits per heavy atom. The van der Waals surface area contributed by atoms with Crippen molar-refractivity contribution in [1.29, 1.82) is 0 Å². The Hall–Kier alpha value is -2.45. The van der Waals surface area contributed by atoms with Crippen molar-refractivity contribution in [3.63, 3.8) is 0 Å². The minimum Gasteiger partial charge on any atom is -0.497 e. The Bertz CT molecular complexity index is 927. The first-order chi connectivity index (χ1) is 12.4. The van der Waals surface area contributed by atoms with E-state index >= 15 is 0 Å². The van der Waals surface area contributed by atoms with E-state index in [-0.39, 0.29) is 18.2 Å². The predicted molar refractivity (Wildman–Crippen MR) is 93.9 cm³/mol. The lowest BCUT2D eigenvalue weighted by atomic mass is 10.2. The zero-order valence-corrected chi connectivity index (χ0v) is 15.0. The monoisotopic (exact) mass is 378 g/mol. The molecule has 0 radical (unpaired) electrons. The standard InChI is InChI=1S/C18H19FN2O4S/c1-25-15-4-2-3-12(9-15)11-20-18(22)13-5-8-16(19)17(10-13)26(23,24)21-14-6-7-14/h2-5,8-10,14,21H,6-7,11H2,1H3,(H,20,22). The fourth-order valence-corrected chi connectivity index (χ4v) is 3.81. The van der Waals surface area contributed by atoms with E-state index in [0.29, 0.717) is 5.75 Å². The van der Waals surface area contributed by atoms with Gasteiger partial charge in [0.15, 0.2) is 0 Å². The number of rotatable bonds is 7. The summed E-state index contributed by atoms with van der Waals surface area (Å²) in [5.74, 6) is -0.712. The molecule has 0 aliphatic heterocycles. The zero-order valence-electron chi connectivity index (χ0n) is 14.2. The molecular weight excluding hydrogens is 359 g/mol. The lowest BCUT2D eigenvalue weighted by Crippen LogP contribution is -2.28. The van der Waals surface area contributed by atoms with Gasteiger partial charge in [0.05, 0.1) is 7.11 Å². The van der Waals surface area contributed by atoms with Crippen LogP contribution in [0.2, 0.25) is 0 Å². The van der Waals surface area contributed by atoms with Crippen molar-refractivity contribution >= 4 is 15.9 Å². The Balaban J connectivity index is 1.74. The van der Waals surface area contributed by atoms with E-state index in [1.54, 1.807) is 25.3 Å². The molecular formula is C18H19FN2O4S. The second-order valence-corrected chi connectivity index (χ2v) is 7.76. The summed E-state index contributed by atoms with van der Waals surface area (Å²) in [4.78, 5) is 11.8. The second kappa shape index (κ2) is 7.43. The van der Waals surface area contributed by atoms with Gasteiger partial charge < -0.3 is 10.1 Å². The van der Waals surface area contributed by atoms with Gasteiger partial charge in [-0.3, -0.25) is 4.79 Å². The Morgan fingerprint density at radius 2 is 2.00 bits per heavy atom. The van der Waals surface area contributed by atoms with Crippen LogP contribution in [0.25, 0.3) is 0 Å². The fraction of sp³-hybridized carbons (Fsp3) is 0.278. The van der Waals surface area contributed by atoms with Gasteiger partial charge in [0.1, 0.15) is 16.5 Å². The molecule has 0 bridgehead atoms. The molecule has 0 heterocycles. The molecule has 6 nitrogen and oxygen atoms in total. The number of nitrogens with one attached hydrogen (secondary N) is 2. The molecule has 26 heavy (non-hydrogen) atoms. The van der Waals surface area contributed by atoms with Gasteiger partial charge >= 0.3 is 0 Å². The van der Waals surface area contributed by atoms with Crippen LogP contribution in [-0.2, 0) is 16.6 Å². The summed E-state index contributed by atoms with van der Waals surface area (Å²) >= 11 is 0. The van der Waals surface area contributed by atoms with Crippen molar-refractivity contribution in [2.75, 3.05) is 7.11 Å². The molecule has 138 valence electrons. The van der Waals surface area contributed by atoms with Crippen LogP contribution in [0.5, 0.6) is 5.75 Å². The second-order valence-electron chi connectivity index (χ2n) is 6.07. The van der Waals surface area contributed by atoms with Gasteiger partial charge in [-0.15, -0.1) is 0 Å². The molecule has 0 atom stereocenters. The number of sulfonamides is 1. The average Bonchev–Trinajstić information content (AvgIpc) is 3.43. The van der Waals surface area contributed by atoms with Crippen molar-refractivity contribution < 1.29 is 22.3 Å². The molecule has 2 N–H and O–H groups in total. The summed E-state index contributed by atoms with van der Waals surface area (Å²) in [5.41, 5.74) is 0.897.